The summed E-state index contributed by atoms with van der Waals surface area (Å²) in [5.41, 5.74) is 3.10. The van der Waals surface area contributed by atoms with Gasteiger partial charge in [0.05, 0.1) is 17.5 Å². The van der Waals surface area contributed by atoms with E-state index < -0.39 is 12.1 Å². The van der Waals surface area contributed by atoms with Gasteiger partial charge in [-0.3, -0.25) is 9.78 Å². The van der Waals surface area contributed by atoms with E-state index in [9.17, 15) is 14.3 Å². The van der Waals surface area contributed by atoms with E-state index in [0.29, 0.717) is 19.4 Å². The van der Waals surface area contributed by atoms with Gasteiger partial charge in [0.1, 0.15) is 11.6 Å². The van der Waals surface area contributed by atoms with E-state index in [0.717, 1.165) is 28.3 Å². The first-order valence-electron chi connectivity index (χ1n) is 11.2. The molecule has 33 heavy (non-hydrogen) atoms. The third-order valence-corrected chi connectivity index (χ3v) is 5.59. The van der Waals surface area contributed by atoms with E-state index in [4.69, 9.17) is 10.1 Å². The summed E-state index contributed by atoms with van der Waals surface area (Å²) in [7, 11) is 0. The van der Waals surface area contributed by atoms with Gasteiger partial charge in [0, 0.05) is 41.9 Å². The Balaban J connectivity index is 2.04. The number of halogens is 1. The zero-order chi connectivity index (χ0) is 24.2. The van der Waals surface area contributed by atoms with Crippen LogP contribution in [0.4, 0.5) is 4.39 Å². The van der Waals surface area contributed by atoms with Gasteiger partial charge >= 0.3 is 5.97 Å². The van der Waals surface area contributed by atoms with Crippen LogP contribution in [0.15, 0.2) is 48.8 Å². The average Bonchev–Trinajstić information content (AvgIpc) is 3.13. The molecule has 2 N–H and O–H groups in total. The maximum atomic E-state index is 13.7. The van der Waals surface area contributed by atoms with E-state index in [1.165, 1.54) is 12.1 Å². The second-order valence-corrected chi connectivity index (χ2v) is 9.66. The fourth-order valence-corrected chi connectivity index (χ4v) is 4.10. The molecular weight excluding hydrogens is 421 g/mol. The lowest BCUT2D eigenvalue weighted by atomic mass is 9.95. The minimum atomic E-state index is -0.861. The number of carboxylic acid groups (broad SMARTS) is 1. The van der Waals surface area contributed by atoms with Crippen molar-refractivity contribution >= 4 is 5.97 Å². The zero-order valence-electron chi connectivity index (χ0n) is 19.6. The number of aliphatic hydroxyl groups excluding tert-OH is 1. The molecule has 0 saturated heterocycles. The number of carboxylic acids is 1. The van der Waals surface area contributed by atoms with Gasteiger partial charge in [-0.25, -0.2) is 9.37 Å². The summed E-state index contributed by atoms with van der Waals surface area (Å²) in [4.78, 5) is 20.1. The normalized spacial score (nSPS) is 13.6. The SMILES string of the molecule is C[C@@H](CC(=O)O)C[C@H](O)CCn1c(C(C)(C)C)nc(-c2ccncc2)c1-c1ccc(F)cc1. The largest absolute Gasteiger partial charge is 0.481 e. The maximum absolute atomic E-state index is 13.7. The Morgan fingerprint density at radius 2 is 1.73 bits per heavy atom. The number of aliphatic hydroxyl groups is 1. The minimum Gasteiger partial charge on any atom is -0.481 e. The predicted molar refractivity (Wildman–Crippen MR) is 126 cm³/mol. The Morgan fingerprint density at radius 1 is 1.09 bits per heavy atom. The summed E-state index contributed by atoms with van der Waals surface area (Å²) < 4.78 is 15.8. The van der Waals surface area contributed by atoms with Crippen LogP contribution in [0, 0.1) is 11.7 Å². The summed E-state index contributed by atoms with van der Waals surface area (Å²) in [6.45, 7) is 8.59. The van der Waals surface area contributed by atoms with Crippen molar-refractivity contribution < 1.29 is 19.4 Å². The molecule has 0 aliphatic carbocycles. The smallest absolute Gasteiger partial charge is 0.303 e. The number of hydrogen-bond donors (Lipinski definition) is 2. The quantitative estimate of drug-likeness (QED) is 0.459. The Kier molecular flexibility index (Phi) is 7.64. The van der Waals surface area contributed by atoms with E-state index in [1.807, 2.05) is 19.1 Å². The molecule has 0 amide bonds. The van der Waals surface area contributed by atoms with Crippen LogP contribution >= 0.6 is 0 Å². The standard InChI is InChI=1S/C26H32FN3O3/c1-17(16-22(32)33)15-21(31)11-14-30-24(19-5-7-20(27)8-6-19)23(18-9-12-28-13-10-18)29-25(30)26(2,3)4/h5-10,12-13,17,21,31H,11,14-16H2,1-4H3,(H,32,33)/t17-,21-/m1/s1. The lowest BCUT2D eigenvalue weighted by molar-refractivity contribution is -0.138. The van der Waals surface area contributed by atoms with Crippen molar-refractivity contribution in [2.24, 2.45) is 5.92 Å². The van der Waals surface area contributed by atoms with Crippen LogP contribution in [0.2, 0.25) is 0 Å². The van der Waals surface area contributed by atoms with Crippen molar-refractivity contribution in [1.29, 1.82) is 0 Å². The van der Waals surface area contributed by atoms with Crippen molar-refractivity contribution in [3.8, 4) is 22.5 Å². The molecule has 3 rings (SSSR count). The molecular formula is C26H32FN3O3. The molecule has 0 unspecified atom stereocenters. The number of aromatic nitrogens is 3. The van der Waals surface area contributed by atoms with Crippen LogP contribution < -0.4 is 0 Å². The fraction of sp³-hybridized carbons (Fsp3) is 0.423. The summed E-state index contributed by atoms with van der Waals surface area (Å²) >= 11 is 0. The number of aliphatic carboxylic acids is 1. The van der Waals surface area contributed by atoms with Gasteiger partial charge < -0.3 is 14.8 Å². The van der Waals surface area contributed by atoms with Gasteiger partial charge in [-0.05, 0) is 55.2 Å². The topological polar surface area (TPSA) is 88.2 Å². The molecule has 0 saturated carbocycles. The highest BCUT2D eigenvalue weighted by molar-refractivity contribution is 5.79. The second-order valence-electron chi connectivity index (χ2n) is 9.66. The molecule has 0 aliphatic rings. The number of nitrogens with zero attached hydrogens (tertiary/aromatic N) is 3. The molecule has 0 radical (unpaired) electrons. The Labute approximate surface area is 194 Å². The fourth-order valence-electron chi connectivity index (χ4n) is 4.10. The van der Waals surface area contributed by atoms with Crippen molar-refractivity contribution in [2.45, 2.75) is 65.0 Å². The molecule has 2 aromatic heterocycles. The van der Waals surface area contributed by atoms with Gasteiger partial charge in [-0.15, -0.1) is 0 Å². The summed E-state index contributed by atoms with van der Waals surface area (Å²) in [5.74, 6) is -0.431. The van der Waals surface area contributed by atoms with Gasteiger partial charge in [0.15, 0.2) is 0 Å². The van der Waals surface area contributed by atoms with Crippen LogP contribution in [0.3, 0.4) is 0 Å². The van der Waals surface area contributed by atoms with E-state index in [1.54, 1.807) is 24.5 Å². The molecule has 0 fully saturated rings. The zero-order valence-corrected chi connectivity index (χ0v) is 19.6. The van der Waals surface area contributed by atoms with Crippen LogP contribution in [-0.2, 0) is 16.8 Å². The van der Waals surface area contributed by atoms with Crippen LogP contribution in [0.25, 0.3) is 22.5 Å². The lowest BCUT2D eigenvalue weighted by Crippen LogP contribution is -2.22. The molecule has 3 aromatic rings. The monoisotopic (exact) mass is 453 g/mol. The van der Waals surface area contributed by atoms with E-state index in [-0.39, 0.29) is 23.6 Å². The van der Waals surface area contributed by atoms with Crippen LogP contribution in [0.1, 0.15) is 52.8 Å². The van der Waals surface area contributed by atoms with Gasteiger partial charge in [-0.1, -0.05) is 27.7 Å². The molecule has 0 spiro atoms. The summed E-state index contributed by atoms with van der Waals surface area (Å²) in [6.07, 6.45) is 3.69. The highest BCUT2D eigenvalue weighted by Crippen LogP contribution is 2.37. The first-order chi connectivity index (χ1) is 15.6. The maximum Gasteiger partial charge on any atom is 0.303 e. The van der Waals surface area contributed by atoms with Crippen LogP contribution in [-0.4, -0.2) is 36.8 Å². The number of hydrogen-bond acceptors (Lipinski definition) is 4. The number of benzene rings is 1. The Morgan fingerprint density at radius 3 is 2.30 bits per heavy atom. The number of pyridine rings is 1. The van der Waals surface area contributed by atoms with Crippen LogP contribution in [0.5, 0.6) is 0 Å². The second kappa shape index (κ2) is 10.3. The molecule has 6 nitrogen and oxygen atoms in total. The lowest BCUT2D eigenvalue weighted by Gasteiger charge is -2.23. The Bertz CT molecular complexity index is 1070. The van der Waals surface area contributed by atoms with Gasteiger partial charge in [0.2, 0.25) is 0 Å². The van der Waals surface area contributed by atoms with E-state index >= 15 is 0 Å². The average molecular weight is 454 g/mol. The third kappa shape index (κ3) is 6.26. The highest BCUT2D eigenvalue weighted by Gasteiger charge is 2.28. The van der Waals surface area contributed by atoms with E-state index in [2.05, 4.69) is 30.3 Å². The van der Waals surface area contributed by atoms with Gasteiger partial charge in [0.25, 0.3) is 0 Å². The molecule has 0 aliphatic heterocycles. The summed E-state index contributed by atoms with van der Waals surface area (Å²) in [6, 6.07) is 10.1. The number of imidazole rings is 1. The molecule has 7 heteroatoms. The van der Waals surface area contributed by atoms with Crippen molar-refractivity contribution in [2.75, 3.05) is 0 Å². The van der Waals surface area contributed by atoms with Crippen molar-refractivity contribution in [3.05, 3.63) is 60.4 Å². The first kappa shape index (κ1) is 24.6. The number of rotatable bonds is 9. The molecule has 1 aromatic carbocycles. The van der Waals surface area contributed by atoms with Crippen molar-refractivity contribution in [3.63, 3.8) is 0 Å². The third-order valence-electron chi connectivity index (χ3n) is 5.59. The molecule has 176 valence electrons. The Hall–Kier alpha value is -3.06. The molecule has 0 bridgehead atoms. The van der Waals surface area contributed by atoms with Gasteiger partial charge in [-0.2, -0.15) is 0 Å². The minimum absolute atomic E-state index is 0.0302. The first-order valence-corrected chi connectivity index (χ1v) is 11.2. The predicted octanol–water partition coefficient (Wildman–Crippen LogP) is 5.30. The highest BCUT2D eigenvalue weighted by atomic mass is 19.1. The van der Waals surface area contributed by atoms with Crippen molar-refractivity contribution in [1.82, 2.24) is 14.5 Å². The molecule has 2 heterocycles. The number of carbonyl (C=O) groups is 1. The summed E-state index contributed by atoms with van der Waals surface area (Å²) in [5, 5.41) is 19.6. The molecule has 2 atom stereocenters.